The molecule has 0 atom stereocenters. The molecule has 4 rings (SSSR count). The van der Waals surface area contributed by atoms with Crippen molar-refractivity contribution in [1.29, 1.82) is 0 Å². The smallest absolute Gasteiger partial charge is 0.263 e. The fourth-order valence-electron chi connectivity index (χ4n) is 4.47. The van der Waals surface area contributed by atoms with Gasteiger partial charge in [0.15, 0.2) is 0 Å². The van der Waals surface area contributed by atoms with Crippen LogP contribution in [-0.2, 0) is 11.3 Å². The number of piperidine rings is 1. The second-order valence-corrected chi connectivity index (χ2v) is 9.10. The van der Waals surface area contributed by atoms with Gasteiger partial charge in [-0.1, -0.05) is 35.5 Å². The lowest BCUT2D eigenvalue weighted by atomic mass is 9.95. The number of aryl methyl sites for hydroxylation is 1. The van der Waals surface area contributed by atoms with Gasteiger partial charge < -0.3 is 14.7 Å². The first-order chi connectivity index (χ1) is 16.0. The summed E-state index contributed by atoms with van der Waals surface area (Å²) in [4.78, 5) is 26.0. The summed E-state index contributed by atoms with van der Waals surface area (Å²) in [6.07, 6.45) is 4.09. The number of nitrogens with one attached hydrogen (secondary N) is 1. The van der Waals surface area contributed by atoms with Crippen LogP contribution in [0.25, 0.3) is 11.1 Å². The Morgan fingerprint density at radius 1 is 1.21 bits per heavy atom. The molecule has 1 N–H and O–H groups in total. The normalized spacial score (nSPS) is 15.0. The Kier molecular flexibility index (Phi) is 7.54. The highest BCUT2D eigenvalue weighted by Crippen LogP contribution is 2.29. The van der Waals surface area contributed by atoms with Gasteiger partial charge in [0.2, 0.25) is 5.91 Å². The molecule has 0 bridgehead atoms. The molecular formula is C25H34N6O2. The number of hydrogen-bond donors (Lipinski definition) is 1. The summed E-state index contributed by atoms with van der Waals surface area (Å²) in [5, 5.41) is 8.04. The van der Waals surface area contributed by atoms with E-state index >= 15 is 0 Å². The van der Waals surface area contributed by atoms with Crippen LogP contribution in [0.2, 0.25) is 0 Å². The molecule has 1 aromatic carbocycles. The fraction of sp³-hybridized carbons (Fsp3) is 0.520. The highest BCUT2D eigenvalue weighted by atomic mass is 16.5. The molecular weight excluding hydrogens is 416 g/mol. The van der Waals surface area contributed by atoms with E-state index in [0.717, 1.165) is 62.3 Å². The molecule has 0 spiro atoms. The van der Waals surface area contributed by atoms with Crippen LogP contribution < -0.4 is 10.2 Å². The predicted octanol–water partition coefficient (Wildman–Crippen LogP) is 3.56. The second-order valence-electron chi connectivity index (χ2n) is 9.10. The van der Waals surface area contributed by atoms with E-state index in [1.807, 2.05) is 13.0 Å². The lowest BCUT2D eigenvalue weighted by Gasteiger charge is -2.32. The van der Waals surface area contributed by atoms with Crippen molar-refractivity contribution in [3.63, 3.8) is 0 Å². The van der Waals surface area contributed by atoms with Crippen molar-refractivity contribution in [1.82, 2.24) is 25.3 Å². The number of aromatic nitrogens is 3. The lowest BCUT2D eigenvalue weighted by molar-refractivity contribution is -0.125. The molecule has 8 nitrogen and oxygen atoms in total. The second kappa shape index (κ2) is 10.7. The monoisotopic (exact) mass is 450 g/mol. The van der Waals surface area contributed by atoms with E-state index in [9.17, 15) is 4.79 Å². The van der Waals surface area contributed by atoms with Crippen molar-refractivity contribution in [3.8, 4) is 0 Å². The molecule has 0 radical (unpaired) electrons. The van der Waals surface area contributed by atoms with Crippen LogP contribution in [0.1, 0.15) is 44.4 Å². The third kappa shape index (κ3) is 5.68. The van der Waals surface area contributed by atoms with Gasteiger partial charge in [0.05, 0.1) is 5.69 Å². The summed E-state index contributed by atoms with van der Waals surface area (Å²) in [5.74, 6) is 1.07. The van der Waals surface area contributed by atoms with Gasteiger partial charge in [-0.05, 0) is 45.6 Å². The zero-order chi connectivity index (χ0) is 23.2. The van der Waals surface area contributed by atoms with E-state index in [1.54, 1.807) is 0 Å². The summed E-state index contributed by atoms with van der Waals surface area (Å²) in [6.45, 7) is 10.5. The number of amides is 1. The maximum Gasteiger partial charge on any atom is 0.263 e. The maximum atomic E-state index is 12.7. The largest absolute Gasteiger partial charge is 0.356 e. The standard InChI is InChI=1S/C25H34N6O2/c1-18(2)31(16-20-8-5-4-6-9-20)13-7-12-26-24(32)21-10-14-30(15-11-21)23-22-19(3)29-33-25(22)28-17-27-23/h4-6,8-9,17-18,21H,7,10-16H2,1-3H3,(H,26,32). The first-order valence-electron chi connectivity index (χ1n) is 11.9. The number of nitrogens with zero attached hydrogens (tertiary/aromatic N) is 5. The minimum absolute atomic E-state index is 0.0488. The number of benzene rings is 1. The van der Waals surface area contributed by atoms with Crippen molar-refractivity contribution < 1.29 is 9.32 Å². The Labute approximate surface area is 195 Å². The highest BCUT2D eigenvalue weighted by molar-refractivity contribution is 5.88. The van der Waals surface area contributed by atoms with Gasteiger partial charge in [-0.15, -0.1) is 0 Å². The van der Waals surface area contributed by atoms with Gasteiger partial charge in [-0.2, -0.15) is 4.98 Å². The molecule has 0 unspecified atom stereocenters. The molecule has 0 aliphatic carbocycles. The number of rotatable bonds is 9. The van der Waals surface area contributed by atoms with Crippen molar-refractivity contribution in [2.75, 3.05) is 31.1 Å². The van der Waals surface area contributed by atoms with Gasteiger partial charge in [0.25, 0.3) is 5.71 Å². The average molecular weight is 451 g/mol. The molecule has 1 aliphatic rings. The Bertz CT molecular complexity index is 1040. The predicted molar refractivity (Wildman–Crippen MR) is 129 cm³/mol. The van der Waals surface area contributed by atoms with Crippen molar-refractivity contribution in [2.45, 2.75) is 52.6 Å². The molecule has 1 fully saturated rings. The quantitative estimate of drug-likeness (QED) is 0.499. The molecule has 1 saturated heterocycles. The van der Waals surface area contributed by atoms with Crippen LogP contribution in [-0.4, -0.2) is 58.2 Å². The van der Waals surface area contributed by atoms with E-state index in [0.29, 0.717) is 18.3 Å². The average Bonchev–Trinajstić information content (AvgIpc) is 3.22. The first-order valence-corrected chi connectivity index (χ1v) is 11.9. The van der Waals surface area contributed by atoms with Crippen molar-refractivity contribution in [3.05, 3.63) is 47.9 Å². The number of fused-ring (bicyclic) bond motifs is 1. The Balaban J connectivity index is 1.22. The molecule has 1 aliphatic heterocycles. The van der Waals surface area contributed by atoms with Gasteiger partial charge >= 0.3 is 0 Å². The zero-order valence-corrected chi connectivity index (χ0v) is 19.8. The van der Waals surface area contributed by atoms with Crippen LogP contribution in [0.3, 0.4) is 0 Å². The Hall–Kier alpha value is -3.00. The summed E-state index contributed by atoms with van der Waals surface area (Å²) < 4.78 is 5.26. The highest BCUT2D eigenvalue weighted by Gasteiger charge is 2.27. The summed E-state index contributed by atoms with van der Waals surface area (Å²) >= 11 is 0. The summed E-state index contributed by atoms with van der Waals surface area (Å²) in [6, 6.07) is 11.0. The molecule has 1 amide bonds. The van der Waals surface area contributed by atoms with Gasteiger partial charge in [-0.25, -0.2) is 4.98 Å². The van der Waals surface area contributed by atoms with Crippen LogP contribution >= 0.6 is 0 Å². The van der Waals surface area contributed by atoms with E-state index < -0.39 is 0 Å². The number of hydrogen-bond acceptors (Lipinski definition) is 7. The molecule has 8 heteroatoms. The SMILES string of the molecule is Cc1noc2ncnc(N3CCC(C(=O)NCCCN(Cc4ccccc4)C(C)C)CC3)c12. The molecule has 3 heterocycles. The molecule has 0 saturated carbocycles. The van der Waals surface area contributed by atoms with E-state index in [4.69, 9.17) is 4.52 Å². The molecule has 2 aromatic heterocycles. The molecule has 176 valence electrons. The van der Waals surface area contributed by atoms with Gasteiger partial charge in [0.1, 0.15) is 17.5 Å². The summed E-state index contributed by atoms with van der Waals surface area (Å²) in [7, 11) is 0. The minimum atomic E-state index is 0.0488. The first kappa shape index (κ1) is 23.2. The van der Waals surface area contributed by atoms with Crippen LogP contribution in [0.15, 0.2) is 41.2 Å². The van der Waals surface area contributed by atoms with Crippen molar-refractivity contribution in [2.24, 2.45) is 5.92 Å². The Morgan fingerprint density at radius 3 is 2.70 bits per heavy atom. The number of anilines is 1. The fourth-order valence-corrected chi connectivity index (χ4v) is 4.47. The van der Waals surface area contributed by atoms with Crippen molar-refractivity contribution >= 4 is 22.8 Å². The van der Waals surface area contributed by atoms with Gasteiger partial charge in [-0.3, -0.25) is 9.69 Å². The van der Waals surface area contributed by atoms with E-state index in [-0.39, 0.29) is 11.8 Å². The number of carbonyl (C=O) groups excluding carboxylic acids is 1. The third-order valence-electron chi connectivity index (χ3n) is 6.47. The zero-order valence-electron chi connectivity index (χ0n) is 19.8. The van der Waals surface area contributed by atoms with Crippen LogP contribution in [0.4, 0.5) is 5.82 Å². The van der Waals surface area contributed by atoms with E-state index in [2.05, 4.69) is 68.4 Å². The van der Waals surface area contributed by atoms with Gasteiger partial charge in [0, 0.05) is 44.7 Å². The van der Waals surface area contributed by atoms with Crippen LogP contribution in [0, 0.1) is 12.8 Å². The third-order valence-corrected chi connectivity index (χ3v) is 6.47. The topological polar surface area (TPSA) is 87.4 Å². The maximum absolute atomic E-state index is 12.7. The molecule has 33 heavy (non-hydrogen) atoms. The Morgan fingerprint density at radius 2 is 1.97 bits per heavy atom. The lowest BCUT2D eigenvalue weighted by Crippen LogP contribution is -2.41. The molecule has 3 aromatic rings. The summed E-state index contributed by atoms with van der Waals surface area (Å²) in [5.41, 5.74) is 2.63. The number of carbonyl (C=O) groups is 1. The van der Waals surface area contributed by atoms with Crippen LogP contribution in [0.5, 0.6) is 0 Å². The van der Waals surface area contributed by atoms with E-state index in [1.165, 1.54) is 11.9 Å². The minimum Gasteiger partial charge on any atom is -0.356 e.